The van der Waals surface area contributed by atoms with E-state index < -0.39 is 0 Å². The van der Waals surface area contributed by atoms with E-state index in [2.05, 4.69) is 16.9 Å². The van der Waals surface area contributed by atoms with Crippen LogP contribution in [0.15, 0.2) is 12.4 Å². The quantitative estimate of drug-likeness (QED) is 0.868. The third-order valence-electron chi connectivity index (χ3n) is 3.40. The zero-order valence-corrected chi connectivity index (χ0v) is 10.3. The first-order valence-corrected chi connectivity index (χ1v) is 6.40. The first kappa shape index (κ1) is 12.3. The summed E-state index contributed by atoms with van der Waals surface area (Å²) in [6.45, 7) is 2.37. The fourth-order valence-electron chi connectivity index (χ4n) is 2.24. The average Bonchev–Trinajstić information content (AvgIpc) is 2.40. The van der Waals surface area contributed by atoms with Crippen LogP contribution in [0.5, 0.6) is 5.88 Å². The molecule has 1 fully saturated rings. The minimum atomic E-state index is 0.248. The van der Waals surface area contributed by atoms with E-state index >= 15 is 0 Å². The molecule has 0 amide bonds. The molecule has 94 valence electrons. The van der Waals surface area contributed by atoms with Crippen LogP contribution >= 0.6 is 0 Å². The summed E-state index contributed by atoms with van der Waals surface area (Å²) in [5, 5.41) is 9.07. The lowest BCUT2D eigenvalue weighted by Crippen LogP contribution is -2.25. The van der Waals surface area contributed by atoms with Gasteiger partial charge in [0.1, 0.15) is 12.4 Å². The minimum Gasteiger partial charge on any atom is -0.474 e. The number of ether oxygens (including phenoxy) is 1. The number of rotatable bonds is 4. The SMILES string of the molecule is CCc1cc(OC2CCC(CO)CC2)ncn1. The fraction of sp³-hybridized carbons (Fsp3) is 0.692. The third kappa shape index (κ3) is 3.40. The Balaban J connectivity index is 1.88. The fourth-order valence-corrected chi connectivity index (χ4v) is 2.24. The van der Waals surface area contributed by atoms with Crippen molar-refractivity contribution < 1.29 is 9.84 Å². The van der Waals surface area contributed by atoms with Gasteiger partial charge in [-0.2, -0.15) is 0 Å². The predicted molar refractivity (Wildman–Crippen MR) is 64.9 cm³/mol. The van der Waals surface area contributed by atoms with E-state index in [1.807, 2.05) is 6.07 Å². The second-order valence-electron chi connectivity index (χ2n) is 4.64. The number of aliphatic hydroxyl groups excluding tert-OH is 1. The van der Waals surface area contributed by atoms with Gasteiger partial charge in [-0.15, -0.1) is 0 Å². The highest BCUT2D eigenvalue weighted by Gasteiger charge is 2.22. The summed E-state index contributed by atoms with van der Waals surface area (Å²) in [6.07, 6.45) is 6.83. The van der Waals surface area contributed by atoms with E-state index in [-0.39, 0.29) is 6.10 Å². The van der Waals surface area contributed by atoms with E-state index in [0.717, 1.165) is 37.8 Å². The summed E-state index contributed by atoms with van der Waals surface area (Å²) in [6, 6.07) is 1.91. The van der Waals surface area contributed by atoms with Crippen LogP contribution < -0.4 is 4.74 Å². The maximum Gasteiger partial charge on any atom is 0.216 e. The number of hydrogen-bond donors (Lipinski definition) is 1. The lowest BCUT2D eigenvalue weighted by atomic mass is 9.88. The molecule has 0 aliphatic heterocycles. The van der Waals surface area contributed by atoms with Gasteiger partial charge in [-0.05, 0) is 38.0 Å². The molecule has 1 aliphatic rings. The van der Waals surface area contributed by atoms with Gasteiger partial charge in [-0.3, -0.25) is 0 Å². The molecule has 1 aromatic rings. The van der Waals surface area contributed by atoms with Crippen LogP contribution in [-0.2, 0) is 6.42 Å². The van der Waals surface area contributed by atoms with Crippen LogP contribution in [0.4, 0.5) is 0 Å². The van der Waals surface area contributed by atoms with Gasteiger partial charge in [-0.1, -0.05) is 6.92 Å². The summed E-state index contributed by atoms with van der Waals surface area (Å²) in [7, 11) is 0. The van der Waals surface area contributed by atoms with E-state index in [1.54, 1.807) is 6.33 Å². The lowest BCUT2D eigenvalue weighted by molar-refractivity contribution is 0.100. The maximum absolute atomic E-state index is 9.07. The van der Waals surface area contributed by atoms with Crippen LogP contribution in [0.3, 0.4) is 0 Å². The minimum absolute atomic E-state index is 0.248. The number of aromatic nitrogens is 2. The van der Waals surface area contributed by atoms with Gasteiger partial charge in [0.15, 0.2) is 0 Å². The van der Waals surface area contributed by atoms with Crippen molar-refractivity contribution in [2.24, 2.45) is 5.92 Å². The number of aryl methyl sites for hydroxylation is 1. The molecule has 1 aliphatic carbocycles. The Bertz CT molecular complexity index is 349. The van der Waals surface area contributed by atoms with Crippen LogP contribution in [0.1, 0.15) is 38.3 Å². The summed E-state index contributed by atoms with van der Waals surface area (Å²) in [5.41, 5.74) is 1.01. The van der Waals surface area contributed by atoms with Gasteiger partial charge < -0.3 is 9.84 Å². The Kier molecular flexibility index (Phi) is 4.31. The Morgan fingerprint density at radius 1 is 1.29 bits per heavy atom. The zero-order chi connectivity index (χ0) is 12.1. The van der Waals surface area contributed by atoms with E-state index in [0.29, 0.717) is 18.4 Å². The molecule has 0 radical (unpaired) electrons. The van der Waals surface area contributed by atoms with Crippen molar-refractivity contribution in [1.29, 1.82) is 0 Å². The molecule has 0 atom stereocenters. The highest BCUT2D eigenvalue weighted by atomic mass is 16.5. The smallest absolute Gasteiger partial charge is 0.216 e. The van der Waals surface area contributed by atoms with Crippen LogP contribution in [0, 0.1) is 5.92 Å². The van der Waals surface area contributed by atoms with Crippen molar-refractivity contribution in [1.82, 2.24) is 9.97 Å². The second kappa shape index (κ2) is 5.96. The molecular weight excluding hydrogens is 216 g/mol. The normalized spacial score (nSPS) is 24.6. The Hall–Kier alpha value is -1.16. The molecule has 2 rings (SSSR count). The molecule has 4 heteroatoms. The first-order valence-electron chi connectivity index (χ1n) is 6.40. The topological polar surface area (TPSA) is 55.2 Å². The summed E-state index contributed by atoms with van der Waals surface area (Å²) in [5.74, 6) is 1.15. The van der Waals surface area contributed by atoms with E-state index in [9.17, 15) is 0 Å². The molecule has 1 aromatic heterocycles. The molecule has 0 aromatic carbocycles. The number of nitrogens with zero attached hydrogens (tertiary/aromatic N) is 2. The van der Waals surface area contributed by atoms with Crippen LogP contribution in [0.25, 0.3) is 0 Å². The third-order valence-corrected chi connectivity index (χ3v) is 3.40. The molecular formula is C13H20N2O2. The van der Waals surface area contributed by atoms with Crippen LogP contribution in [0.2, 0.25) is 0 Å². The van der Waals surface area contributed by atoms with Crippen molar-refractivity contribution in [3.63, 3.8) is 0 Å². The second-order valence-corrected chi connectivity index (χ2v) is 4.64. The summed E-state index contributed by atoms with van der Waals surface area (Å²) < 4.78 is 5.86. The van der Waals surface area contributed by atoms with Crippen LogP contribution in [-0.4, -0.2) is 27.8 Å². The highest BCUT2D eigenvalue weighted by molar-refractivity contribution is 5.13. The van der Waals surface area contributed by atoms with E-state index in [4.69, 9.17) is 9.84 Å². The number of hydrogen-bond acceptors (Lipinski definition) is 4. The van der Waals surface area contributed by atoms with Crippen molar-refractivity contribution in [2.45, 2.75) is 45.1 Å². The molecule has 1 saturated carbocycles. The molecule has 17 heavy (non-hydrogen) atoms. The molecule has 0 unspecified atom stereocenters. The molecule has 4 nitrogen and oxygen atoms in total. The predicted octanol–water partition coefficient (Wildman–Crippen LogP) is 1.97. The van der Waals surface area contributed by atoms with Gasteiger partial charge in [-0.25, -0.2) is 9.97 Å². The zero-order valence-electron chi connectivity index (χ0n) is 10.3. The summed E-state index contributed by atoms with van der Waals surface area (Å²) in [4.78, 5) is 8.29. The number of aliphatic hydroxyl groups is 1. The summed E-state index contributed by atoms with van der Waals surface area (Å²) >= 11 is 0. The van der Waals surface area contributed by atoms with E-state index in [1.165, 1.54) is 0 Å². The molecule has 0 spiro atoms. The van der Waals surface area contributed by atoms with Crippen molar-refractivity contribution in [2.75, 3.05) is 6.61 Å². The highest BCUT2D eigenvalue weighted by Crippen LogP contribution is 2.26. The monoisotopic (exact) mass is 236 g/mol. The average molecular weight is 236 g/mol. The van der Waals surface area contributed by atoms with Gasteiger partial charge in [0.05, 0.1) is 0 Å². The van der Waals surface area contributed by atoms with Gasteiger partial charge >= 0.3 is 0 Å². The van der Waals surface area contributed by atoms with Gasteiger partial charge in [0.25, 0.3) is 0 Å². The standard InChI is InChI=1S/C13H20N2O2/c1-2-11-7-13(15-9-14-11)17-12-5-3-10(8-16)4-6-12/h7,9-10,12,16H,2-6,8H2,1H3. The Labute approximate surface area is 102 Å². The van der Waals surface area contributed by atoms with Gasteiger partial charge in [0, 0.05) is 18.4 Å². The molecule has 1 heterocycles. The molecule has 1 N–H and O–H groups in total. The Morgan fingerprint density at radius 2 is 2.06 bits per heavy atom. The largest absolute Gasteiger partial charge is 0.474 e. The Morgan fingerprint density at radius 3 is 2.71 bits per heavy atom. The molecule has 0 saturated heterocycles. The van der Waals surface area contributed by atoms with Gasteiger partial charge in [0.2, 0.25) is 5.88 Å². The lowest BCUT2D eigenvalue weighted by Gasteiger charge is -2.27. The maximum atomic E-state index is 9.07. The van der Waals surface area contributed by atoms with Crippen molar-refractivity contribution in [3.8, 4) is 5.88 Å². The first-order chi connectivity index (χ1) is 8.31. The van der Waals surface area contributed by atoms with Crippen molar-refractivity contribution >= 4 is 0 Å². The van der Waals surface area contributed by atoms with Crippen molar-refractivity contribution in [3.05, 3.63) is 18.1 Å². The molecule has 0 bridgehead atoms.